The number of piperazine rings is 1. The Balaban J connectivity index is 0.00000176. The van der Waals surface area contributed by atoms with Gasteiger partial charge >= 0.3 is 0 Å². The number of carbonyl (C=O) groups excluding carboxylic acids is 2. The largest absolute Gasteiger partial charge is 0.330 e. The first-order valence-corrected chi connectivity index (χ1v) is 7.41. The van der Waals surface area contributed by atoms with Crippen LogP contribution in [-0.4, -0.2) is 59.2 Å². The number of aryl methyl sites for hydroxylation is 1. The average molecular weight is 328 g/mol. The molecule has 1 N–H and O–H groups in total. The first-order chi connectivity index (χ1) is 10.1. The summed E-state index contributed by atoms with van der Waals surface area (Å²) in [6, 6.07) is 0. The number of anilines is 1. The Morgan fingerprint density at radius 2 is 2.18 bits per heavy atom. The fraction of sp³-hybridized carbons (Fsp3) is 0.643. The molecular formula is C14H22ClN5O2. The van der Waals surface area contributed by atoms with Crippen molar-refractivity contribution in [2.24, 2.45) is 13.0 Å². The minimum absolute atomic E-state index is 0. The van der Waals surface area contributed by atoms with Gasteiger partial charge in [0, 0.05) is 26.3 Å². The highest BCUT2D eigenvalue weighted by Crippen LogP contribution is 2.27. The zero-order valence-electron chi connectivity index (χ0n) is 12.7. The normalized spacial score (nSPS) is 18.3. The van der Waals surface area contributed by atoms with Gasteiger partial charge in [-0.25, -0.2) is 0 Å². The molecule has 0 bridgehead atoms. The zero-order valence-corrected chi connectivity index (χ0v) is 13.5. The molecule has 0 spiro atoms. The molecule has 2 amide bonds. The third-order valence-corrected chi connectivity index (χ3v) is 3.98. The molecule has 122 valence electrons. The molecule has 8 heteroatoms. The minimum atomic E-state index is -0.0511. The second kappa shape index (κ2) is 7.11. The lowest BCUT2D eigenvalue weighted by atomic mass is 10.2. The fourth-order valence-corrected chi connectivity index (χ4v) is 2.52. The SMILES string of the molecule is Cl.Cn1cc(N2CCN(C(=O)CNCC3CC3)CC2=O)cn1. The summed E-state index contributed by atoms with van der Waals surface area (Å²) >= 11 is 0. The standard InChI is InChI=1S/C14H21N5O2.ClH/c1-17-9-12(7-16-17)19-5-4-18(10-14(19)21)13(20)8-15-6-11-2-3-11;/h7,9,11,15H,2-6,8,10H2,1H3;1H. The van der Waals surface area contributed by atoms with E-state index in [1.807, 2.05) is 13.2 Å². The van der Waals surface area contributed by atoms with Crippen LogP contribution in [0.25, 0.3) is 0 Å². The molecule has 1 aromatic heterocycles. The zero-order chi connectivity index (χ0) is 14.8. The molecular weight excluding hydrogens is 306 g/mol. The second-order valence-corrected chi connectivity index (χ2v) is 5.81. The van der Waals surface area contributed by atoms with E-state index in [1.165, 1.54) is 12.8 Å². The smallest absolute Gasteiger partial charge is 0.246 e. The Morgan fingerprint density at radius 1 is 1.41 bits per heavy atom. The van der Waals surface area contributed by atoms with Gasteiger partial charge in [0.2, 0.25) is 11.8 Å². The number of hydrogen-bond donors (Lipinski definition) is 1. The van der Waals surface area contributed by atoms with Gasteiger partial charge in [-0.2, -0.15) is 5.10 Å². The second-order valence-electron chi connectivity index (χ2n) is 5.81. The third kappa shape index (κ3) is 3.98. The van der Waals surface area contributed by atoms with Crippen LogP contribution in [0.5, 0.6) is 0 Å². The molecule has 0 radical (unpaired) electrons. The summed E-state index contributed by atoms with van der Waals surface area (Å²) in [5.41, 5.74) is 0.793. The number of halogens is 1. The molecule has 2 fully saturated rings. The van der Waals surface area contributed by atoms with E-state index in [-0.39, 0.29) is 30.8 Å². The topological polar surface area (TPSA) is 70.5 Å². The summed E-state index contributed by atoms with van der Waals surface area (Å²) in [7, 11) is 1.82. The molecule has 7 nitrogen and oxygen atoms in total. The van der Waals surface area contributed by atoms with E-state index in [0.29, 0.717) is 19.6 Å². The molecule has 3 rings (SSSR count). The van der Waals surface area contributed by atoms with Gasteiger partial charge in [0.1, 0.15) is 6.54 Å². The third-order valence-electron chi connectivity index (χ3n) is 3.98. The summed E-state index contributed by atoms with van der Waals surface area (Å²) in [4.78, 5) is 27.6. The van der Waals surface area contributed by atoms with Crippen molar-refractivity contribution in [3.05, 3.63) is 12.4 Å². The molecule has 22 heavy (non-hydrogen) atoms. The van der Waals surface area contributed by atoms with Crippen molar-refractivity contribution in [3.8, 4) is 0 Å². The number of carbonyl (C=O) groups is 2. The van der Waals surface area contributed by atoms with Gasteiger partial charge in [-0.3, -0.25) is 14.3 Å². The van der Waals surface area contributed by atoms with E-state index in [9.17, 15) is 9.59 Å². The molecule has 0 aromatic carbocycles. The quantitative estimate of drug-likeness (QED) is 0.827. The van der Waals surface area contributed by atoms with Gasteiger partial charge in [0.15, 0.2) is 0 Å². The van der Waals surface area contributed by atoms with E-state index in [4.69, 9.17) is 0 Å². The summed E-state index contributed by atoms with van der Waals surface area (Å²) in [6.45, 7) is 2.49. The molecule has 2 aliphatic rings. The van der Waals surface area contributed by atoms with Crippen LogP contribution in [-0.2, 0) is 16.6 Å². The van der Waals surface area contributed by atoms with Gasteiger partial charge in [-0.15, -0.1) is 12.4 Å². The Bertz CT molecular complexity index is 543. The predicted molar refractivity (Wildman–Crippen MR) is 85.0 cm³/mol. The van der Waals surface area contributed by atoms with Crippen LogP contribution in [0.3, 0.4) is 0 Å². The highest BCUT2D eigenvalue weighted by molar-refractivity contribution is 5.97. The van der Waals surface area contributed by atoms with Crippen molar-refractivity contribution in [2.45, 2.75) is 12.8 Å². The van der Waals surface area contributed by atoms with Crippen LogP contribution in [0.4, 0.5) is 5.69 Å². The number of nitrogens with zero attached hydrogens (tertiary/aromatic N) is 4. The van der Waals surface area contributed by atoms with Gasteiger partial charge < -0.3 is 15.1 Å². The number of aromatic nitrogens is 2. The van der Waals surface area contributed by atoms with E-state index < -0.39 is 0 Å². The van der Waals surface area contributed by atoms with Crippen LogP contribution in [0.1, 0.15) is 12.8 Å². The first-order valence-electron chi connectivity index (χ1n) is 7.41. The summed E-state index contributed by atoms with van der Waals surface area (Å²) in [5.74, 6) is 0.710. The monoisotopic (exact) mass is 327 g/mol. The van der Waals surface area contributed by atoms with Gasteiger partial charge in [-0.1, -0.05) is 0 Å². The van der Waals surface area contributed by atoms with Crippen LogP contribution in [0.15, 0.2) is 12.4 Å². The maximum absolute atomic E-state index is 12.2. The molecule has 1 saturated carbocycles. The first kappa shape index (κ1) is 16.8. The number of hydrogen-bond acceptors (Lipinski definition) is 4. The maximum Gasteiger partial charge on any atom is 0.246 e. The van der Waals surface area contributed by atoms with Crippen molar-refractivity contribution >= 4 is 29.9 Å². The van der Waals surface area contributed by atoms with Crippen LogP contribution < -0.4 is 10.2 Å². The van der Waals surface area contributed by atoms with Crippen LogP contribution >= 0.6 is 12.4 Å². The fourth-order valence-electron chi connectivity index (χ4n) is 2.52. The Hall–Kier alpha value is -1.60. The summed E-state index contributed by atoms with van der Waals surface area (Å²) in [5, 5.41) is 7.25. The highest BCUT2D eigenvalue weighted by Gasteiger charge is 2.28. The van der Waals surface area contributed by atoms with Crippen molar-refractivity contribution in [1.82, 2.24) is 20.0 Å². The Morgan fingerprint density at radius 3 is 2.77 bits per heavy atom. The molecule has 2 heterocycles. The van der Waals surface area contributed by atoms with Crippen LogP contribution in [0.2, 0.25) is 0 Å². The van der Waals surface area contributed by atoms with E-state index in [0.717, 1.165) is 18.2 Å². The van der Waals surface area contributed by atoms with Crippen molar-refractivity contribution in [3.63, 3.8) is 0 Å². The lowest BCUT2D eigenvalue weighted by Crippen LogP contribution is -2.54. The highest BCUT2D eigenvalue weighted by atomic mass is 35.5. The molecule has 1 aromatic rings. The molecule has 1 saturated heterocycles. The Kier molecular flexibility index (Phi) is 5.42. The summed E-state index contributed by atoms with van der Waals surface area (Å²) < 4.78 is 1.67. The number of rotatable bonds is 5. The number of nitrogens with one attached hydrogen (secondary N) is 1. The molecule has 0 unspecified atom stereocenters. The molecule has 1 aliphatic heterocycles. The minimum Gasteiger partial charge on any atom is -0.330 e. The van der Waals surface area contributed by atoms with Crippen molar-refractivity contribution in [1.29, 1.82) is 0 Å². The van der Waals surface area contributed by atoms with Crippen molar-refractivity contribution < 1.29 is 9.59 Å². The van der Waals surface area contributed by atoms with Crippen molar-refractivity contribution in [2.75, 3.05) is 37.6 Å². The molecule has 0 atom stereocenters. The van der Waals surface area contributed by atoms with Crippen LogP contribution in [0, 0.1) is 5.92 Å². The van der Waals surface area contributed by atoms with Gasteiger partial charge in [0.25, 0.3) is 0 Å². The average Bonchev–Trinajstić information content (AvgIpc) is 3.19. The van der Waals surface area contributed by atoms with Gasteiger partial charge in [0.05, 0.1) is 18.4 Å². The number of amides is 2. The molecule has 1 aliphatic carbocycles. The summed E-state index contributed by atoms with van der Waals surface area (Å²) in [6.07, 6.45) is 6.02. The van der Waals surface area contributed by atoms with E-state index >= 15 is 0 Å². The van der Waals surface area contributed by atoms with E-state index in [2.05, 4.69) is 10.4 Å². The lowest BCUT2D eigenvalue weighted by Gasteiger charge is -2.33. The predicted octanol–water partition coefficient (Wildman–Crippen LogP) is 0.0167. The maximum atomic E-state index is 12.2. The lowest BCUT2D eigenvalue weighted by molar-refractivity contribution is -0.136. The van der Waals surface area contributed by atoms with E-state index in [1.54, 1.807) is 20.7 Å². The Labute approximate surface area is 136 Å². The van der Waals surface area contributed by atoms with Gasteiger partial charge in [-0.05, 0) is 25.3 Å².